The number of halogens is 2. The number of amidine groups is 1. The third kappa shape index (κ3) is 3.89. The van der Waals surface area contributed by atoms with Crippen LogP contribution in [0.2, 0.25) is 0 Å². The summed E-state index contributed by atoms with van der Waals surface area (Å²) in [6.07, 6.45) is 2.39. The van der Waals surface area contributed by atoms with Gasteiger partial charge in [0.15, 0.2) is 0 Å². The van der Waals surface area contributed by atoms with Gasteiger partial charge in [-0.05, 0) is 32.0 Å². The number of nitrogens with one attached hydrogen (secondary N) is 1. The Morgan fingerprint density at radius 2 is 2.15 bits per heavy atom. The van der Waals surface area contributed by atoms with E-state index in [4.69, 9.17) is 0 Å². The second kappa shape index (κ2) is 6.64. The molecule has 2 nitrogen and oxygen atoms in total. The Morgan fingerprint density at radius 1 is 1.50 bits per heavy atom. The largest absolute Gasteiger partial charge is 0.347 e. The smallest absolute Gasteiger partial charge is 0.270 e. The predicted octanol–water partition coefficient (Wildman–Crippen LogP) is 4.38. The topological polar surface area (TPSA) is 24.4 Å². The fourth-order valence-electron chi connectivity index (χ4n) is 1.96. The van der Waals surface area contributed by atoms with Crippen molar-refractivity contribution in [2.45, 2.75) is 46.1 Å². The van der Waals surface area contributed by atoms with Gasteiger partial charge in [-0.1, -0.05) is 31.7 Å². The van der Waals surface area contributed by atoms with Gasteiger partial charge in [-0.3, -0.25) is 4.99 Å². The molecule has 0 saturated carbocycles. The van der Waals surface area contributed by atoms with Crippen molar-refractivity contribution in [2.24, 2.45) is 4.99 Å². The number of hydrogen-bond donors (Lipinski definition) is 1. The average Bonchev–Trinajstić information content (AvgIpc) is 2.37. The van der Waals surface area contributed by atoms with E-state index in [1.54, 1.807) is 19.1 Å². The van der Waals surface area contributed by atoms with E-state index in [9.17, 15) is 8.78 Å². The first-order valence-electron chi connectivity index (χ1n) is 6.74. The van der Waals surface area contributed by atoms with Crippen LogP contribution in [0.3, 0.4) is 0 Å². The van der Waals surface area contributed by atoms with E-state index < -0.39 is 5.92 Å². The summed E-state index contributed by atoms with van der Waals surface area (Å²) < 4.78 is 27.2. The number of nitrogens with zero attached hydrogens (tertiary/aromatic N) is 1. The zero-order chi connectivity index (χ0) is 15.3. The molecule has 110 valence electrons. The average molecular weight is 280 g/mol. The number of alkyl halides is 2. The minimum Gasteiger partial charge on any atom is -0.347 e. The molecular formula is C16H22F2N2. The molecule has 0 aromatic heterocycles. The van der Waals surface area contributed by atoms with Gasteiger partial charge in [-0.25, -0.2) is 8.78 Å². The van der Waals surface area contributed by atoms with E-state index in [1.165, 1.54) is 12.3 Å². The molecule has 0 amide bonds. The second-order valence-corrected chi connectivity index (χ2v) is 4.95. The third-order valence-corrected chi connectivity index (χ3v) is 3.24. The van der Waals surface area contributed by atoms with E-state index in [-0.39, 0.29) is 11.6 Å². The summed E-state index contributed by atoms with van der Waals surface area (Å²) in [6, 6.07) is 4.99. The van der Waals surface area contributed by atoms with Gasteiger partial charge < -0.3 is 5.32 Å². The van der Waals surface area contributed by atoms with Crippen LogP contribution in [0.15, 0.2) is 36.0 Å². The molecule has 20 heavy (non-hydrogen) atoms. The number of benzene rings is 1. The molecule has 0 fully saturated rings. The van der Waals surface area contributed by atoms with Crippen LogP contribution >= 0.6 is 0 Å². The molecule has 0 spiro atoms. The quantitative estimate of drug-likeness (QED) is 0.628. The maximum absolute atomic E-state index is 13.6. The fraction of sp³-hybridized carbons (Fsp3) is 0.438. The highest BCUT2D eigenvalue weighted by Gasteiger charge is 2.27. The molecule has 0 saturated heterocycles. The molecule has 0 aliphatic heterocycles. The molecule has 1 aromatic rings. The number of hydrogen-bond acceptors (Lipinski definition) is 1. The van der Waals surface area contributed by atoms with E-state index in [2.05, 4.69) is 16.9 Å². The zero-order valence-corrected chi connectivity index (χ0v) is 12.5. The lowest BCUT2D eigenvalue weighted by Crippen LogP contribution is -2.23. The molecule has 1 aromatic carbocycles. The maximum atomic E-state index is 13.6. The van der Waals surface area contributed by atoms with Gasteiger partial charge in [-0.2, -0.15) is 0 Å². The van der Waals surface area contributed by atoms with Crippen LogP contribution < -0.4 is 5.32 Å². The number of aliphatic imine (C=N–C) groups is 1. The fourth-order valence-corrected chi connectivity index (χ4v) is 1.96. The summed E-state index contributed by atoms with van der Waals surface area (Å²) in [5.41, 5.74) is 1.25. The Bertz CT molecular complexity index is 502. The monoisotopic (exact) mass is 280 g/mol. The van der Waals surface area contributed by atoms with E-state index in [0.29, 0.717) is 17.0 Å². The Hall–Kier alpha value is -1.71. The molecule has 1 N–H and O–H groups in total. The number of rotatable bonds is 5. The summed E-state index contributed by atoms with van der Waals surface area (Å²) in [5, 5.41) is 2.95. The standard InChI is InChI=1S/C16H22F2N2/c1-6-11(3)20-15(19-7-2)13-9-8-10-14(12(13)4)16(5,17)18/h7-11H,2,6H2,1,3-5H3,(H,19,20)/t11-/m0/s1. The third-order valence-electron chi connectivity index (χ3n) is 3.24. The molecule has 4 heteroatoms. The molecular weight excluding hydrogens is 258 g/mol. The van der Waals surface area contributed by atoms with Gasteiger partial charge in [-0.15, -0.1) is 0 Å². The van der Waals surface area contributed by atoms with Crippen molar-refractivity contribution >= 4 is 5.84 Å². The van der Waals surface area contributed by atoms with Gasteiger partial charge in [0.1, 0.15) is 5.84 Å². The lowest BCUT2D eigenvalue weighted by atomic mass is 9.97. The van der Waals surface area contributed by atoms with Crippen molar-refractivity contribution in [3.8, 4) is 0 Å². The lowest BCUT2D eigenvalue weighted by molar-refractivity contribution is 0.0168. The Labute approximate surface area is 119 Å². The van der Waals surface area contributed by atoms with Crippen LogP contribution in [-0.4, -0.2) is 11.9 Å². The van der Waals surface area contributed by atoms with Gasteiger partial charge in [0.25, 0.3) is 5.92 Å². The van der Waals surface area contributed by atoms with Crippen molar-refractivity contribution < 1.29 is 8.78 Å². The molecule has 0 bridgehead atoms. The first-order valence-corrected chi connectivity index (χ1v) is 6.74. The lowest BCUT2D eigenvalue weighted by Gasteiger charge is -2.18. The van der Waals surface area contributed by atoms with E-state index >= 15 is 0 Å². The van der Waals surface area contributed by atoms with Gasteiger partial charge in [0, 0.05) is 24.1 Å². The van der Waals surface area contributed by atoms with E-state index in [1.807, 2.05) is 13.8 Å². The second-order valence-electron chi connectivity index (χ2n) is 4.95. The first-order chi connectivity index (χ1) is 9.31. The van der Waals surface area contributed by atoms with Crippen LogP contribution in [0.25, 0.3) is 0 Å². The highest BCUT2D eigenvalue weighted by Crippen LogP contribution is 2.31. The molecule has 0 aliphatic carbocycles. The Kier molecular flexibility index (Phi) is 5.43. The SMILES string of the molecule is C=CNC(=N[C@@H](C)CC)c1cccc(C(C)(F)F)c1C. The van der Waals surface area contributed by atoms with Crippen molar-refractivity contribution in [2.75, 3.05) is 0 Å². The summed E-state index contributed by atoms with van der Waals surface area (Å²) in [6.45, 7) is 10.2. The summed E-state index contributed by atoms with van der Waals surface area (Å²) >= 11 is 0. The summed E-state index contributed by atoms with van der Waals surface area (Å²) in [7, 11) is 0. The molecule has 0 radical (unpaired) electrons. The van der Waals surface area contributed by atoms with Crippen LogP contribution in [0.5, 0.6) is 0 Å². The normalized spacial score (nSPS) is 14.0. The Balaban J connectivity index is 3.35. The highest BCUT2D eigenvalue weighted by atomic mass is 19.3. The van der Waals surface area contributed by atoms with Gasteiger partial charge >= 0.3 is 0 Å². The van der Waals surface area contributed by atoms with Crippen LogP contribution in [0, 0.1) is 6.92 Å². The molecule has 0 unspecified atom stereocenters. The molecule has 1 rings (SSSR count). The van der Waals surface area contributed by atoms with Gasteiger partial charge in [0.05, 0.1) is 0 Å². The van der Waals surface area contributed by atoms with Crippen molar-refractivity contribution in [3.05, 3.63) is 47.7 Å². The Morgan fingerprint density at radius 3 is 2.65 bits per heavy atom. The van der Waals surface area contributed by atoms with Crippen LogP contribution in [-0.2, 0) is 5.92 Å². The van der Waals surface area contributed by atoms with E-state index in [0.717, 1.165) is 13.3 Å². The van der Waals surface area contributed by atoms with Crippen LogP contribution in [0.1, 0.15) is 43.9 Å². The summed E-state index contributed by atoms with van der Waals surface area (Å²) in [5.74, 6) is -2.28. The van der Waals surface area contributed by atoms with Crippen molar-refractivity contribution in [1.29, 1.82) is 0 Å². The zero-order valence-electron chi connectivity index (χ0n) is 12.5. The maximum Gasteiger partial charge on any atom is 0.270 e. The molecule has 0 aliphatic rings. The highest BCUT2D eigenvalue weighted by molar-refractivity contribution is 6.01. The van der Waals surface area contributed by atoms with Crippen molar-refractivity contribution in [3.63, 3.8) is 0 Å². The van der Waals surface area contributed by atoms with Gasteiger partial charge in [0.2, 0.25) is 0 Å². The first kappa shape index (κ1) is 16.3. The van der Waals surface area contributed by atoms with Crippen LogP contribution in [0.4, 0.5) is 8.78 Å². The minimum absolute atomic E-state index is 0.0257. The molecule has 1 atom stereocenters. The minimum atomic E-state index is -2.87. The molecule has 0 heterocycles. The summed E-state index contributed by atoms with van der Waals surface area (Å²) in [4.78, 5) is 4.53. The van der Waals surface area contributed by atoms with Crippen molar-refractivity contribution in [1.82, 2.24) is 5.32 Å². The predicted molar refractivity (Wildman–Crippen MR) is 80.4 cm³/mol.